The van der Waals surface area contributed by atoms with Crippen LogP contribution in [0.2, 0.25) is 0 Å². The first kappa shape index (κ1) is 50.6. The number of ether oxygens (including phenoxy) is 4. The minimum absolute atomic E-state index is 0.0509. The van der Waals surface area contributed by atoms with Gasteiger partial charge in [0.25, 0.3) is 0 Å². The van der Waals surface area contributed by atoms with Crippen molar-refractivity contribution < 1.29 is 33.3 Å². The number of unbranched alkanes of at least 4 members (excludes halogenated alkanes) is 13. The molecule has 0 aromatic rings. The monoisotopic (exact) mass is 750 g/mol. The van der Waals surface area contributed by atoms with Gasteiger partial charge in [-0.05, 0) is 83.7 Å². The van der Waals surface area contributed by atoms with Gasteiger partial charge in [0, 0.05) is 25.3 Å². The molecule has 53 heavy (non-hydrogen) atoms. The Labute approximate surface area is 326 Å². The SMILES string of the molecule is CCCCC/C=C\C/C=C\CCCCCCCC(=O)OCC(CCCCCCC(=O)OC(CCCC)CCCC)COC(=O)OCCCN(CC)CC. The summed E-state index contributed by atoms with van der Waals surface area (Å²) in [5, 5.41) is 0. The molecule has 0 radical (unpaired) electrons. The summed E-state index contributed by atoms with van der Waals surface area (Å²) in [6.07, 6.45) is 33.4. The van der Waals surface area contributed by atoms with Gasteiger partial charge in [-0.2, -0.15) is 0 Å². The second kappa shape index (κ2) is 39.3. The molecule has 0 spiro atoms. The van der Waals surface area contributed by atoms with Gasteiger partial charge < -0.3 is 23.8 Å². The molecule has 0 saturated carbocycles. The minimum atomic E-state index is -0.666. The predicted molar refractivity (Wildman–Crippen MR) is 220 cm³/mol. The molecule has 0 rings (SSSR count). The van der Waals surface area contributed by atoms with Crippen molar-refractivity contribution in [2.24, 2.45) is 5.92 Å². The van der Waals surface area contributed by atoms with E-state index >= 15 is 0 Å². The van der Waals surface area contributed by atoms with Crippen molar-refractivity contribution >= 4 is 18.1 Å². The van der Waals surface area contributed by atoms with E-state index in [-0.39, 0.29) is 37.2 Å². The third kappa shape index (κ3) is 35.1. The molecular weight excluding hydrogens is 666 g/mol. The van der Waals surface area contributed by atoms with Crippen LogP contribution in [0.25, 0.3) is 0 Å². The van der Waals surface area contributed by atoms with Gasteiger partial charge in [0.05, 0.1) is 13.2 Å². The van der Waals surface area contributed by atoms with Crippen molar-refractivity contribution in [1.82, 2.24) is 4.90 Å². The van der Waals surface area contributed by atoms with Gasteiger partial charge in [-0.15, -0.1) is 0 Å². The van der Waals surface area contributed by atoms with Gasteiger partial charge in [-0.25, -0.2) is 4.79 Å². The molecule has 8 heteroatoms. The van der Waals surface area contributed by atoms with E-state index in [9.17, 15) is 14.4 Å². The summed E-state index contributed by atoms with van der Waals surface area (Å²) in [7, 11) is 0. The molecule has 0 bridgehead atoms. The molecule has 0 heterocycles. The van der Waals surface area contributed by atoms with Crippen LogP contribution in [-0.2, 0) is 28.5 Å². The van der Waals surface area contributed by atoms with E-state index in [0.29, 0.717) is 19.4 Å². The predicted octanol–water partition coefficient (Wildman–Crippen LogP) is 12.5. The summed E-state index contributed by atoms with van der Waals surface area (Å²) in [6, 6.07) is 0. The second-order valence-electron chi connectivity index (χ2n) is 14.7. The lowest BCUT2D eigenvalue weighted by molar-refractivity contribution is -0.150. The van der Waals surface area contributed by atoms with E-state index < -0.39 is 6.16 Å². The molecule has 0 aliphatic rings. The van der Waals surface area contributed by atoms with Crippen LogP contribution >= 0.6 is 0 Å². The highest BCUT2D eigenvalue weighted by Crippen LogP contribution is 2.17. The van der Waals surface area contributed by atoms with Gasteiger partial charge in [-0.3, -0.25) is 9.59 Å². The standard InChI is InChI=1S/C45H83NO7/c1-6-11-14-15-16-17-18-19-20-21-22-23-24-25-29-35-43(47)51-39-41(40-52-45(49)50-38-31-37-46(9-4)10-5)32-28-26-27-30-36-44(48)53-42(33-12-7-2)34-13-8-3/h16-17,19-20,41-42H,6-15,18,21-40H2,1-5H3/b17-16-,20-19-. The zero-order chi connectivity index (χ0) is 39.0. The molecule has 1 atom stereocenters. The fraction of sp³-hybridized carbons (Fsp3) is 0.844. The summed E-state index contributed by atoms with van der Waals surface area (Å²) in [5.74, 6) is -0.357. The Hall–Kier alpha value is -2.35. The van der Waals surface area contributed by atoms with E-state index in [0.717, 1.165) is 129 Å². The van der Waals surface area contributed by atoms with Crippen LogP contribution in [0.15, 0.2) is 24.3 Å². The van der Waals surface area contributed by atoms with Crippen LogP contribution in [-0.4, -0.2) is 68.6 Å². The van der Waals surface area contributed by atoms with Crippen molar-refractivity contribution in [3.8, 4) is 0 Å². The maximum Gasteiger partial charge on any atom is 0.508 e. The number of carbonyl (C=O) groups is 3. The van der Waals surface area contributed by atoms with Crippen molar-refractivity contribution in [3.05, 3.63) is 24.3 Å². The van der Waals surface area contributed by atoms with Gasteiger partial charge >= 0.3 is 18.1 Å². The quantitative estimate of drug-likeness (QED) is 0.0267. The maximum absolute atomic E-state index is 12.6. The lowest BCUT2D eigenvalue weighted by Gasteiger charge is -2.18. The number of hydrogen-bond donors (Lipinski definition) is 0. The Morgan fingerprint density at radius 2 is 1.08 bits per heavy atom. The van der Waals surface area contributed by atoms with Crippen molar-refractivity contribution in [2.45, 2.75) is 201 Å². The van der Waals surface area contributed by atoms with Crippen LogP contribution in [0.4, 0.5) is 4.79 Å². The summed E-state index contributed by atoms with van der Waals surface area (Å²) >= 11 is 0. The zero-order valence-electron chi connectivity index (χ0n) is 35.2. The highest BCUT2D eigenvalue weighted by molar-refractivity contribution is 5.69. The topological polar surface area (TPSA) is 91.4 Å². The summed E-state index contributed by atoms with van der Waals surface area (Å²) < 4.78 is 22.2. The van der Waals surface area contributed by atoms with E-state index in [1.165, 1.54) is 38.5 Å². The molecule has 1 unspecified atom stereocenters. The average molecular weight is 750 g/mol. The maximum atomic E-state index is 12.6. The first-order valence-electron chi connectivity index (χ1n) is 22.1. The van der Waals surface area contributed by atoms with Crippen molar-refractivity contribution in [1.29, 1.82) is 0 Å². The molecule has 0 amide bonds. The van der Waals surface area contributed by atoms with Gasteiger partial charge in [0.1, 0.15) is 12.7 Å². The minimum Gasteiger partial charge on any atom is -0.465 e. The lowest BCUT2D eigenvalue weighted by Crippen LogP contribution is -2.25. The van der Waals surface area contributed by atoms with Gasteiger partial charge in [0.15, 0.2) is 0 Å². The van der Waals surface area contributed by atoms with E-state index in [2.05, 4.69) is 63.8 Å². The van der Waals surface area contributed by atoms with E-state index in [1.54, 1.807) is 0 Å². The fourth-order valence-electron chi connectivity index (χ4n) is 6.22. The summed E-state index contributed by atoms with van der Waals surface area (Å²) in [6.45, 7) is 14.4. The number of allylic oxidation sites excluding steroid dienone is 4. The normalized spacial score (nSPS) is 12.3. The Morgan fingerprint density at radius 3 is 1.70 bits per heavy atom. The molecule has 0 fully saturated rings. The fourth-order valence-corrected chi connectivity index (χ4v) is 6.22. The number of hydrogen-bond acceptors (Lipinski definition) is 8. The molecule has 310 valence electrons. The Kier molecular flexibility index (Phi) is 37.6. The van der Waals surface area contributed by atoms with Crippen LogP contribution in [0, 0.1) is 5.92 Å². The van der Waals surface area contributed by atoms with Crippen molar-refractivity contribution in [3.63, 3.8) is 0 Å². The molecule has 0 N–H and O–H groups in total. The van der Waals surface area contributed by atoms with Gasteiger partial charge in [-0.1, -0.05) is 136 Å². The number of esters is 2. The van der Waals surface area contributed by atoms with E-state index in [4.69, 9.17) is 18.9 Å². The van der Waals surface area contributed by atoms with Crippen molar-refractivity contribution in [2.75, 3.05) is 39.5 Å². The Balaban J connectivity index is 4.47. The van der Waals surface area contributed by atoms with Gasteiger partial charge in [0.2, 0.25) is 0 Å². The lowest BCUT2D eigenvalue weighted by atomic mass is 10.0. The van der Waals surface area contributed by atoms with Crippen LogP contribution < -0.4 is 0 Å². The molecule has 0 aliphatic carbocycles. The third-order valence-corrected chi connectivity index (χ3v) is 9.78. The number of rotatable bonds is 38. The number of carbonyl (C=O) groups excluding carboxylic acids is 3. The third-order valence-electron chi connectivity index (χ3n) is 9.78. The first-order valence-corrected chi connectivity index (χ1v) is 22.1. The van der Waals surface area contributed by atoms with E-state index in [1.807, 2.05) is 0 Å². The first-order chi connectivity index (χ1) is 25.9. The average Bonchev–Trinajstić information content (AvgIpc) is 3.16. The number of nitrogens with zero attached hydrogens (tertiary/aromatic N) is 1. The van der Waals surface area contributed by atoms with Crippen LogP contribution in [0.3, 0.4) is 0 Å². The Bertz CT molecular complexity index is 893. The smallest absolute Gasteiger partial charge is 0.465 e. The molecule has 0 saturated heterocycles. The Morgan fingerprint density at radius 1 is 0.528 bits per heavy atom. The highest BCUT2D eigenvalue weighted by Gasteiger charge is 2.17. The molecule has 0 aliphatic heterocycles. The molecule has 0 aromatic carbocycles. The highest BCUT2D eigenvalue weighted by atomic mass is 16.7. The zero-order valence-corrected chi connectivity index (χ0v) is 35.2. The largest absolute Gasteiger partial charge is 0.508 e. The second-order valence-corrected chi connectivity index (χ2v) is 14.7. The molecule has 0 aromatic heterocycles. The molecule has 8 nitrogen and oxygen atoms in total. The van der Waals surface area contributed by atoms with Crippen LogP contribution in [0.1, 0.15) is 195 Å². The van der Waals surface area contributed by atoms with Crippen LogP contribution in [0.5, 0.6) is 0 Å². The summed E-state index contributed by atoms with van der Waals surface area (Å²) in [5.41, 5.74) is 0. The summed E-state index contributed by atoms with van der Waals surface area (Å²) in [4.78, 5) is 39.6. The molecular formula is C45H83NO7.